The number of carboxylic acids is 1. The molecule has 0 aromatic heterocycles. The summed E-state index contributed by atoms with van der Waals surface area (Å²) in [6.07, 6.45) is -3.68. The van der Waals surface area contributed by atoms with Gasteiger partial charge in [0.15, 0.2) is 11.6 Å². The van der Waals surface area contributed by atoms with Gasteiger partial charge < -0.3 is 20.1 Å². The molecule has 3 N–H and O–H groups in total. The van der Waals surface area contributed by atoms with E-state index in [0.717, 1.165) is 6.07 Å². The lowest BCUT2D eigenvalue weighted by Crippen LogP contribution is -2.22. The van der Waals surface area contributed by atoms with E-state index in [0.29, 0.717) is 0 Å². The predicted molar refractivity (Wildman–Crippen MR) is 56.2 cm³/mol. The summed E-state index contributed by atoms with van der Waals surface area (Å²) >= 11 is 0. The molecule has 1 rings (SSSR count). The molecule has 2 atom stereocenters. The monoisotopic (exact) mass is 244 g/mol. The third kappa shape index (κ3) is 3.15. The highest BCUT2D eigenvalue weighted by molar-refractivity contribution is 5.67. The topological polar surface area (TPSA) is 87.0 Å². The molecule has 94 valence electrons. The first-order valence-electron chi connectivity index (χ1n) is 4.87. The third-order valence-electron chi connectivity index (χ3n) is 2.27. The van der Waals surface area contributed by atoms with Crippen molar-refractivity contribution >= 4 is 5.97 Å². The molecule has 1 aromatic rings. The van der Waals surface area contributed by atoms with E-state index in [-0.39, 0.29) is 11.3 Å². The Kier molecular flexibility index (Phi) is 4.42. The van der Waals surface area contributed by atoms with E-state index in [2.05, 4.69) is 0 Å². The van der Waals surface area contributed by atoms with Crippen molar-refractivity contribution in [3.63, 3.8) is 0 Å². The highest BCUT2D eigenvalue weighted by Crippen LogP contribution is 2.30. The summed E-state index contributed by atoms with van der Waals surface area (Å²) in [6, 6.07) is 3.83. The molecule has 0 saturated heterocycles. The molecule has 0 heterocycles. The van der Waals surface area contributed by atoms with Gasteiger partial charge in [-0.15, -0.1) is 0 Å². The lowest BCUT2D eigenvalue weighted by Gasteiger charge is -2.19. The van der Waals surface area contributed by atoms with Crippen LogP contribution in [0.3, 0.4) is 0 Å². The van der Waals surface area contributed by atoms with Gasteiger partial charge in [-0.1, -0.05) is 12.1 Å². The van der Waals surface area contributed by atoms with Crippen LogP contribution in [0.4, 0.5) is 4.39 Å². The van der Waals surface area contributed by atoms with Crippen LogP contribution in [0.5, 0.6) is 5.75 Å². The largest absolute Gasteiger partial charge is 0.493 e. The van der Waals surface area contributed by atoms with E-state index in [9.17, 15) is 19.4 Å². The summed E-state index contributed by atoms with van der Waals surface area (Å²) in [4.78, 5) is 10.4. The lowest BCUT2D eigenvalue weighted by atomic mass is 10.0. The summed E-state index contributed by atoms with van der Waals surface area (Å²) < 4.78 is 18.1. The highest BCUT2D eigenvalue weighted by atomic mass is 19.1. The van der Waals surface area contributed by atoms with Crippen molar-refractivity contribution in [1.82, 2.24) is 0 Å². The van der Waals surface area contributed by atoms with E-state index in [1.807, 2.05) is 0 Å². The first kappa shape index (κ1) is 13.4. The van der Waals surface area contributed by atoms with Gasteiger partial charge in [0.2, 0.25) is 0 Å². The Morgan fingerprint density at radius 1 is 1.47 bits per heavy atom. The standard InChI is InChI=1S/C11H13FO5/c1-17-11-6(3-2-4-7(11)12)10(16)8(13)5-9(14)15/h2-4,8,10,13,16H,5H2,1H3,(H,14,15). The molecule has 17 heavy (non-hydrogen) atoms. The van der Waals surface area contributed by atoms with Gasteiger partial charge in [0.25, 0.3) is 0 Å². The molecule has 0 aliphatic rings. The Bertz CT molecular complexity index is 407. The van der Waals surface area contributed by atoms with Gasteiger partial charge in [-0.3, -0.25) is 4.79 Å². The number of methoxy groups -OCH3 is 1. The summed E-state index contributed by atoms with van der Waals surface area (Å²) in [5.41, 5.74) is 0.0150. The number of aliphatic hydroxyl groups excluding tert-OH is 2. The van der Waals surface area contributed by atoms with Gasteiger partial charge in [-0.25, -0.2) is 4.39 Å². The summed E-state index contributed by atoms with van der Waals surface area (Å²) in [7, 11) is 1.22. The molecule has 0 saturated carbocycles. The number of rotatable bonds is 5. The maximum Gasteiger partial charge on any atom is 0.306 e. The van der Waals surface area contributed by atoms with E-state index in [1.54, 1.807) is 0 Å². The number of hydrogen-bond donors (Lipinski definition) is 3. The number of carboxylic acid groups (broad SMARTS) is 1. The first-order chi connectivity index (χ1) is 7.97. The SMILES string of the molecule is COc1c(F)cccc1C(O)C(O)CC(=O)O. The number of aliphatic carboxylic acids is 1. The Morgan fingerprint density at radius 3 is 2.65 bits per heavy atom. The molecule has 0 aliphatic heterocycles. The van der Waals surface area contributed by atoms with Crippen molar-refractivity contribution in [3.05, 3.63) is 29.6 Å². The molecule has 5 nitrogen and oxygen atoms in total. The molecule has 0 amide bonds. The van der Waals surface area contributed by atoms with Gasteiger partial charge in [-0.05, 0) is 6.07 Å². The van der Waals surface area contributed by atoms with E-state index in [1.165, 1.54) is 19.2 Å². The van der Waals surface area contributed by atoms with Crippen molar-refractivity contribution in [2.75, 3.05) is 7.11 Å². The average Bonchev–Trinajstić information content (AvgIpc) is 2.26. The summed E-state index contributed by atoms with van der Waals surface area (Å²) in [5.74, 6) is -2.15. The van der Waals surface area contributed by atoms with Crippen LogP contribution in [0.15, 0.2) is 18.2 Å². The van der Waals surface area contributed by atoms with Crippen LogP contribution in [0.25, 0.3) is 0 Å². The van der Waals surface area contributed by atoms with Gasteiger partial charge in [0, 0.05) is 5.56 Å². The van der Waals surface area contributed by atoms with Crippen LogP contribution in [-0.2, 0) is 4.79 Å². The molecule has 0 fully saturated rings. The zero-order chi connectivity index (χ0) is 13.0. The van der Waals surface area contributed by atoms with E-state index < -0.39 is 30.4 Å². The number of aliphatic hydroxyl groups is 2. The average molecular weight is 244 g/mol. The fraction of sp³-hybridized carbons (Fsp3) is 0.364. The molecule has 0 spiro atoms. The predicted octanol–water partition coefficient (Wildman–Crippen LogP) is 0.703. The number of ether oxygens (including phenoxy) is 1. The number of halogens is 1. The summed E-state index contributed by atoms with van der Waals surface area (Å²) in [5, 5.41) is 27.6. The number of carbonyl (C=O) groups is 1. The van der Waals surface area contributed by atoms with Crippen LogP contribution >= 0.6 is 0 Å². The molecule has 2 unspecified atom stereocenters. The molecule has 0 bridgehead atoms. The molecular weight excluding hydrogens is 231 g/mol. The van der Waals surface area contributed by atoms with Crippen LogP contribution < -0.4 is 4.74 Å². The fourth-order valence-electron chi connectivity index (χ4n) is 1.47. The smallest absolute Gasteiger partial charge is 0.306 e. The first-order valence-corrected chi connectivity index (χ1v) is 4.87. The second-order valence-corrected chi connectivity index (χ2v) is 3.47. The summed E-state index contributed by atoms with van der Waals surface area (Å²) in [6.45, 7) is 0. The minimum absolute atomic E-state index is 0.0150. The Hall–Kier alpha value is -1.66. The number of hydrogen-bond acceptors (Lipinski definition) is 4. The van der Waals surface area contributed by atoms with Crippen molar-refractivity contribution < 1.29 is 29.2 Å². The lowest BCUT2D eigenvalue weighted by molar-refractivity contribution is -0.141. The van der Waals surface area contributed by atoms with Gasteiger partial charge in [0.05, 0.1) is 19.6 Å². The van der Waals surface area contributed by atoms with Crippen molar-refractivity contribution in [1.29, 1.82) is 0 Å². The number of para-hydroxylation sites is 1. The van der Waals surface area contributed by atoms with Gasteiger partial charge in [-0.2, -0.15) is 0 Å². The van der Waals surface area contributed by atoms with Gasteiger partial charge >= 0.3 is 5.97 Å². The molecule has 0 radical (unpaired) electrons. The second kappa shape index (κ2) is 5.60. The molecule has 1 aromatic carbocycles. The van der Waals surface area contributed by atoms with Crippen molar-refractivity contribution in [2.24, 2.45) is 0 Å². The molecular formula is C11H13FO5. The van der Waals surface area contributed by atoms with Crippen molar-refractivity contribution in [3.8, 4) is 5.75 Å². The van der Waals surface area contributed by atoms with E-state index in [4.69, 9.17) is 9.84 Å². The van der Waals surface area contributed by atoms with E-state index >= 15 is 0 Å². The molecule has 0 aliphatic carbocycles. The van der Waals surface area contributed by atoms with Gasteiger partial charge in [0.1, 0.15) is 6.10 Å². The zero-order valence-corrected chi connectivity index (χ0v) is 9.13. The Morgan fingerprint density at radius 2 is 2.12 bits per heavy atom. The Balaban J connectivity index is 2.99. The van der Waals surface area contributed by atoms with Crippen LogP contribution in [0.1, 0.15) is 18.1 Å². The van der Waals surface area contributed by atoms with Crippen LogP contribution in [0, 0.1) is 5.82 Å². The maximum atomic E-state index is 13.3. The normalized spacial score (nSPS) is 14.1. The zero-order valence-electron chi connectivity index (χ0n) is 9.13. The van der Waals surface area contributed by atoms with Crippen LogP contribution in [0.2, 0.25) is 0 Å². The maximum absolute atomic E-state index is 13.3. The number of benzene rings is 1. The fourth-order valence-corrected chi connectivity index (χ4v) is 1.47. The van der Waals surface area contributed by atoms with Crippen molar-refractivity contribution in [2.45, 2.75) is 18.6 Å². The Labute approximate surface area is 97.1 Å². The van der Waals surface area contributed by atoms with Crippen LogP contribution in [-0.4, -0.2) is 34.5 Å². The second-order valence-electron chi connectivity index (χ2n) is 3.47. The quantitative estimate of drug-likeness (QED) is 0.709. The molecule has 6 heteroatoms. The minimum atomic E-state index is -1.52. The minimum Gasteiger partial charge on any atom is -0.493 e. The highest BCUT2D eigenvalue weighted by Gasteiger charge is 2.25. The third-order valence-corrected chi connectivity index (χ3v) is 2.27.